The Morgan fingerprint density at radius 2 is 1.43 bits per heavy atom. The molecule has 1 aliphatic rings. The highest BCUT2D eigenvalue weighted by molar-refractivity contribution is 9.10. The number of benzene rings is 3. The predicted molar refractivity (Wildman–Crippen MR) is 97.4 cm³/mol. The first-order chi connectivity index (χ1) is 11.0. The fourth-order valence-electron chi connectivity index (χ4n) is 3.04. The molecule has 0 heterocycles. The quantitative estimate of drug-likeness (QED) is 0.390. The van der Waals surface area contributed by atoms with Gasteiger partial charge in [0.25, 0.3) is 0 Å². The van der Waals surface area contributed by atoms with Crippen LogP contribution in [0.5, 0.6) is 0 Å². The minimum Gasteiger partial charge on any atom is -0.292 e. The average molecular weight is 430 g/mol. The van der Waals surface area contributed by atoms with Gasteiger partial charge in [-0.3, -0.25) is 9.59 Å². The maximum Gasteiger partial charge on any atom is 0.192 e. The van der Waals surface area contributed by atoms with Gasteiger partial charge in [-0.25, -0.2) is 0 Å². The number of hydrogen-bond acceptors (Lipinski definition) is 2. The minimum atomic E-state index is -1.33. The molecule has 1 atom stereocenters. The third-order valence-corrected chi connectivity index (χ3v) is 5.92. The van der Waals surface area contributed by atoms with E-state index in [2.05, 4.69) is 31.9 Å². The van der Waals surface area contributed by atoms with Gasteiger partial charge >= 0.3 is 0 Å². The smallest absolute Gasteiger partial charge is 0.192 e. The molecule has 0 aromatic heterocycles. The molecule has 4 rings (SSSR count). The highest BCUT2D eigenvalue weighted by atomic mass is 79.9. The van der Waals surface area contributed by atoms with Crippen LogP contribution in [0.25, 0.3) is 10.8 Å². The average Bonchev–Trinajstić information content (AvgIpc) is 2.76. The van der Waals surface area contributed by atoms with Crippen molar-refractivity contribution in [2.24, 2.45) is 0 Å². The Balaban J connectivity index is 1.93. The Bertz CT molecular complexity index is 994. The minimum absolute atomic E-state index is 0.208. The lowest BCUT2D eigenvalue weighted by atomic mass is 9.92. The Morgan fingerprint density at radius 3 is 2.22 bits per heavy atom. The van der Waals surface area contributed by atoms with Gasteiger partial charge in [-0.15, -0.1) is 0 Å². The van der Waals surface area contributed by atoms with Gasteiger partial charge in [0.1, 0.15) is 0 Å². The first-order valence-electron chi connectivity index (χ1n) is 7.09. The van der Waals surface area contributed by atoms with E-state index in [9.17, 15) is 9.59 Å². The van der Waals surface area contributed by atoms with Crippen molar-refractivity contribution in [2.45, 2.75) is 4.32 Å². The molecule has 3 aromatic carbocycles. The first-order valence-corrected chi connectivity index (χ1v) is 8.68. The molecule has 0 bridgehead atoms. The summed E-state index contributed by atoms with van der Waals surface area (Å²) in [5, 5.41) is 2.08. The molecular formula is C19H10Br2O2. The molecule has 112 valence electrons. The summed E-state index contributed by atoms with van der Waals surface area (Å²) in [5.74, 6) is -0.422. The van der Waals surface area contributed by atoms with Gasteiger partial charge in [0.05, 0.1) is 0 Å². The second-order valence-electron chi connectivity index (χ2n) is 5.57. The van der Waals surface area contributed by atoms with Crippen LogP contribution in [0.15, 0.2) is 65.1 Å². The lowest BCUT2D eigenvalue weighted by molar-refractivity contribution is 0.0871. The predicted octanol–water partition coefficient (Wildman–Crippen LogP) is 5.27. The second kappa shape index (κ2) is 5.11. The molecule has 23 heavy (non-hydrogen) atoms. The highest BCUT2D eigenvalue weighted by Crippen LogP contribution is 2.45. The Kier molecular flexibility index (Phi) is 3.29. The number of alkyl halides is 1. The summed E-state index contributed by atoms with van der Waals surface area (Å²) in [6.07, 6.45) is 0. The van der Waals surface area contributed by atoms with Crippen molar-refractivity contribution >= 4 is 54.2 Å². The number of carbonyl (C=O) groups is 2. The summed E-state index contributed by atoms with van der Waals surface area (Å²) in [6, 6.07) is 18.8. The summed E-state index contributed by atoms with van der Waals surface area (Å²) in [7, 11) is 0. The van der Waals surface area contributed by atoms with Crippen LogP contribution >= 0.6 is 31.9 Å². The monoisotopic (exact) mass is 428 g/mol. The molecule has 1 unspecified atom stereocenters. The van der Waals surface area contributed by atoms with Crippen molar-refractivity contribution < 1.29 is 9.59 Å². The third-order valence-electron chi connectivity index (χ3n) is 4.24. The van der Waals surface area contributed by atoms with Gasteiger partial charge in [-0.2, -0.15) is 0 Å². The van der Waals surface area contributed by atoms with E-state index in [4.69, 9.17) is 0 Å². The maximum atomic E-state index is 12.9. The lowest BCUT2D eigenvalue weighted by Gasteiger charge is -2.19. The van der Waals surface area contributed by atoms with E-state index < -0.39 is 4.32 Å². The van der Waals surface area contributed by atoms with Crippen LogP contribution in [0.3, 0.4) is 0 Å². The topological polar surface area (TPSA) is 34.1 Å². The SMILES string of the molecule is O=C1c2ccc(Br)cc2C(=O)C1(Br)c1ccc2ccccc2c1. The van der Waals surface area contributed by atoms with Crippen LogP contribution in [0.2, 0.25) is 0 Å². The van der Waals surface area contributed by atoms with Gasteiger partial charge < -0.3 is 0 Å². The molecule has 0 spiro atoms. The number of Topliss-reactive ketones (excluding diaryl/α,β-unsaturated/α-hetero) is 2. The molecule has 0 radical (unpaired) electrons. The normalized spacial score (nSPS) is 20.1. The maximum absolute atomic E-state index is 12.9. The Morgan fingerprint density at radius 1 is 0.739 bits per heavy atom. The van der Waals surface area contributed by atoms with Gasteiger partial charge in [0.15, 0.2) is 15.9 Å². The van der Waals surface area contributed by atoms with E-state index in [1.807, 2.05) is 42.5 Å². The largest absolute Gasteiger partial charge is 0.292 e. The van der Waals surface area contributed by atoms with Crippen molar-refractivity contribution in [3.63, 3.8) is 0 Å². The number of hydrogen-bond donors (Lipinski definition) is 0. The molecule has 1 aliphatic carbocycles. The molecule has 3 aromatic rings. The molecule has 0 saturated carbocycles. The van der Waals surface area contributed by atoms with Crippen LogP contribution in [-0.2, 0) is 4.32 Å². The zero-order valence-electron chi connectivity index (χ0n) is 11.8. The fraction of sp³-hybridized carbons (Fsp3) is 0.0526. The van der Waals surface area contributed by atoms with Crippen LogP contribution in [0, 0.1) is 0 Å². The molecule has 0 N–H and O–H groups in total. The second-order valence-corrected chi connectivity index (χ2v) is 7.67. The highest BCUT2D eigenvalue weighted by Gasteiger charge is 2.52. The summed E-state index contributed by atoms with van der Waals surface area (Å²) in [4.78, 5) is 25.8. The fourth-order valence-corrected chi connectivity index (χ4v) is 4.08. The van der Waals surface area contributed by atoms with E-state index >= 15 is 0 Å². The molecule has 2 nitrogen and oxygen atoms in total. The van der Waals surface area contributed by atoms with Crippen molar-refractivity contribution in [3.05, 3.63) is 81.8 Å². The van der Waals surface area contributed by atoms with Crippen LogP contribution in [-0.4, -0.2) is 11.6 Å². The zero-order chi connectivity index (χ0) is 16.2. The van der Waals surface area contributed by atoms with E-state index in [0.29, 0.717) is 16.7 Å². The summed E-state index contributed by atoms with van der Waals surface area (Å²) < 4.78 is -0.548. The van der Waals surface area contributed by atoms with Crippen molar-refractivity contribution in [1.82, 2.24) is 0 Å². The number of carbonyl (C=O) groups excluding carboxylic acids is 2. The first kappa shape index (κ1) is 14.8. The van der Waals surface area contributed by atoms with Crippen LogP contribution < -0.4 is 0 Å². The Labute approximate surface area is 149 Å². The zero-order valence-corrected chi connectivity index (χ0v) is 15.0. The van der Waals surface area contributed by atoms with Crippen molar-refractivity contribution in [2.75, 3.05) is 0 Å². The van der Waals surface area contributed by atoms with E-state index in [1.165, 1.54) is 0 Å². The summed E-state index contributed by atoms with van der Waals surface area (Å²) in [5.41, 5.74) is 1.58. The summed E-state index contributed by atoms with van der Waals surface area (Å²) in [6.45, 7) is 0. The number of fused-ring (bicyclic) bond motifs is 2. The molecule has 0 saturated heterocycles. The molecule has 0 aliphatic heterocycles. The van der Waals surface area contributed by atoms with Gasteiger partial charge in [0.2, 0.25) is 0 Å². The molecule has 0 amide bonds. The van der Waals surface area contributed by atoms with Gasteiger partial charge in [-0.1, -0.05) is 68.3 Å². The molecule has 0 fully saturated rings. The van der Waals surface area contributed by atoms with Crippen molar-refractivity contribution in [1.29, 1.82) is 0 Å². The van der Waals surface area contributed by atoms with Crippen molar-refractivity contribution in [3.8, 4) is 0 Å². The van der Waals surface area contributed by atoms with E-state index in [0.717, 1.165) is 15.2 Å². The third kappa shape index (κ3) is 2.05. The Hall–Kier alpha value is -1.78. The van der Waals surface area contributed by atoms with E-state index in [-0.39, 0.29) is 11.6 Å². The number of ketones is 2. The van der Waals surface area contributed by atoms with E-state index in [1.54, 1.807) is 18.2 Å². The van der Waals surface area contributed by atoms with Crippen LogP contribution in [0.4, 0.5) is 0 Å². The molecular weight excluding hydrogens is 420 g/mol. The number of halogens is 2. The summed E-state index contributed by atoms with van der Waals surface area (Å²) >= 11 is 6.82. The van der Waals surface area contributed by atoms with Gasteiger partial charge in [-0.05, 0) is 40.6 Å². The van der Waals surface area contributed by atoms with Gasteiger partial charge in [0, 0.05) is 15.6 Å². The van der Waals surface area contributed by atoms with Crippen LogP contribution in [0.1, 0.15) is 26.3 Å². The standard InChI is InChI=1S/C19H10Br2O2/c20-14-7-8-15-16(10-14)18(23)19(21,17(15)22)13-6-5-11-3-1-2-4-12(11)9-13/h1-10H. The number of rotatable bonds is 1. The lowest BCUT2D eigenvalue weighted by Crippen LogP contribution is -2.31. The molecule has 4 heteroatoms.